The molecule has 1 aromatic rings. The highest BCUT2D eigenvalue weighted by atomic mass is 79.9. The number of benzene rings is 1. The van der Waals surface area contributed by atoms with Gasteiger partial charge in [-0.15, -0.1) is 0 Å². The molecule has 0 saturated heterocycles. The average molecular weight is 272 g/mol. The van der Waals surface area contributed by atoms with Crippen molar-refractivity contribution < 1.29 is 14.3 Å². The monoisotopic (exact) mass is 271 g/mol. The summed E-state index contributed by atoms with van der Waals surface area (Å²) in [6, 6.07) is 4.93. The summed E-state index contributed by atoms with van der Waals surface area (Å²) in [5.41, 5.74) is 5.42. The molecule has 0 aliphatic heterocycles. The SMILES string of the molecule is CC(Oc1ccc(Br)cc1C=O)C(N)=O. The van der Waals surface area contributed by atoms with E-state index >= 15 is 0 Å². The van der Waals surface area contributed by atoms with Crippen molar-refractivity contribution in [2.75, 3.05) is 0 Å². The number of carbonyl (C=O) groups is 2. The molecule has 2 N–H and O–H groups in total. The summed E-state index contributed by atoms with van der Waals surface area (Å²) in [5, 5.41) is 0. The maximum Gasteiger partial charge on any atom is 0.258 e. The quantitative estimate of drug-likeness (QED) is 0.845. The van der Waals surface area contributed by atoms with Crippen molar-refractivity contribution in [3.8, 4) is 5.75 Å². The molecule has 0 saturated carbocycles. The van der Waals surface area contributed by atoms with E-state index in [1.54, 1.807) is 18.2 Å². The Morgan fingerprint density at radius 1 is 1.60 bits per heavy atom. The molecule has 15 heavy (non-hydrogen) atoms. The zero-order chi connectivity index (χ0) is 11.4. The van der Waals surface area contributed by atoms with E-state index in [9.17, 15) is 9.59 Å². The van der Waals surface area contributed by atoms with Crippen LogP contribution in [0.1, 0.15) is 17.3 Å². The number of amides is 1. The van der Waals surface area contributed by atoms with Gasteiger partial charge in [-0.05, 0) is 25.1 Å². The maximum absolute atomic E-state index is 10.8. The van der Waals surface area contributed by atoms with Crippen LogP contribution < -0.4 is 10.5 Å². The molecule has 0 heterocycles. The number of hydrogen-bond donors (Lipinski definition) is 1. The molecule has 0 fully saturated rings. The number of aldehydes is 1. The maximum atomic E-state index is 10.8. The number of rotatable bonds is 4. The van der Waals surface area contributed by atoms with Crippen LogP contribution in [0.5, 0.6) is 5.75 Å². The summed E-state index contributed by atoms with van der Waals surface area (Å²) in [6.45, 7) is 1.53. The Balaban J connectivity index is 2.94. The number of primary amides is 1. The first-order valence-corrected chi connectivity index (χ1v) is 5.04. The van der Waals surface area contributed by atoms with Gasteiger partial charge in [-0.25, -0.2) is 0 Å². The fourth-order valence-corrected chi connectivity index (χ4v) is 1.35. The number of nitrogens with two attached hydrogens (primary N) is 1. The predicted octanol–water partition coefficient (Wildman–Crippen LogP) is 1.51. The Labute approximate surface area is 95.5 Å². The van der Waals surface area contributed by atoms with Crippen LogP contribution >= 0.6 is 15.9 Å². The Bertz CT molecular complexity index is 392. The molecule has 0 radical (unpaired) electrons. The van der Waals surface area contributed by atoms with Gasteiger partial charge in [0.2, 0.25) is 0 Å². The second-order valence-electron chi connectivity index (χ2n) is 2.96. The van der Waals surface area contributed by atoms with Crippen molar-refractivity contribution in [1.29, 1.82) is 0 Å². The standard InChI is InChI=1S/C10H10BrNO3/c1-6(10(12)14)15-9-3-2-8(11)4-7(9)5-13/h2-6H,1H3,(H2,12,14). The van der Waals surface area contributed by atoms with Crippen LogP contribution in [0.25, 0.3) is 0 Å². The Morgan fingerprint density at radius 3 is 2.80 bits per heavy atom. The third-order valence-corrected chi connectivity index (χ3v) is 2.30. The molecule has 5 heteroatoms. The van der Waals surface area contributed by atoms with Crippen molar-refractivity contribution in [3.63, 3.8) is 0 Å². The minimum atomic E-state index is -0.759. The number of ether oxygens (including phenoxy) is 1. The minimum absolute atomic E-state index is 0.347. The molecule has 1 aromatic carbocycles. The highest BCUT2D eigenvalue weighted by Crippen LogP contribution is 2.22. The van der Waals surface area contributed by atoms with Crippen molar-refractivity contribution in [2.24, 2.45) is 5.73 Å². The Morgan fingerprint density at radius 2 is 2.27 bits per heavy atom. The van der Waals surface area contributed by atoms with Gasteiger partial charge in [-0.2, -0.15) is 0 Å². The van der Waals surface area contributed by atoms with Crippen LogP contribution in [0.4, 0.5) is 0 Å². The highest BCUT2D eigenvalue weighted by molar-refractivity contribution is 9.10. The topological polar surface area (TPSA) is 69.4 Å². The summed E-state index contributed by atoms with van der Waals surface area (Å²) >= 11 is 3.23. The first kappa shape index (κ1) is 11.7. The molecular formula is C10H10BrNO3. The lowest BCUT2D eigenvalue weighted by Gasteiger charge is -2.12. The summed E-state index contributed by atoms with van der Waals surface area (Å²) < 4.78 is 5.99. The van der Waals surface area contributed by atoms with Crippen LogP contribution in [0.3, 0.4) is 0 Å². The Kier molecular flexibility index (Phi) is 3.85. The van der Waals surface area contributed by atoms with Gasteiger partial charge in [0.25, 0.3) is 5.91 Å². The van der Waals surface area contributed by atoms with Gasteiger partial charge in [0.1, 0.15) is 5.75 Å². The van der Waals surface area contributed by atoms with Crippen LogP contribution in [0.2, 0.25) is 0 Å². The molecular weight excluding hydrogens is 262 g/mol. The molecule has 1 atom stereocenters. The summed E-state index contributed by atoms with van der Waals surface area (Å²) in [5.74, 6) is -0.228. The van der Waals surface area contributed by atoms with E-state index in [4.69, 9.17) is 10.5 Å². The summed E-state index contributed by atoms with van der Waals surface area (Å²) in [7, 11) is 0. The van der Waals surface area contributed by atoms with Crippen LogP contribution in [0.15, 0.2) is 22.7 Å². The summed E-state index contributed by atoms with van der Waals surface area (Å²) in [6.07, 6.45) is -0.0989. The molecule has 4 nitrogen and oxygen atoms in total. The van der Waals surface area contributed by atoms with E-state index in [2.05, 4.69) is 15.9 Å². The second kappa shape index (κ2) is 4.93. The zero-order valence-corrected chi connectivity index (χ0v) is 9.65. The fourth-order valence-electron chi connectivity index (χ4n) is 0.967. The fraction of sp³-hybridized carbons (Fsp3) is 0.200. The molecule has 0 spiro atoms. The van der Waals surface area contributed by atoms with Gasteiger partial charge >= 0.3 is 0 Å². The zero-order valence-electron chi connectivity index (χ0n) is 8.07. The smallest absolute Gasteiger partial charge is 0.258 e. The second-order valence-corrected chi connectivity index (χ2v) is 3.88. The number of hydrogen-bond acceptors (Lipinski definition) is 3. The molecule has 0 aliphatic rings. The van der Waals surface area contributed by atoms with Gasteiger partial charge < -0.3 is 10.5 Å². The van der Waals surface area contributed by atoms with Gasteiger partial charge in [-0.1, -0.05) is 15.9 Å². The lowest BCUT2D eigenvalue weighted by Crippen LogP contribution is -2.30. The predicted molar refractivity (Wildman–Crippen MR) is 58.8 cm³/mol. The van der Waals surface area contributed by atoms with Crippen molar-refractivity contribution in [3.05, 3.63) is 28.2 Å². The van der Waals surface area contributed by atoms with Gasteiger partial charge in [0.05, 0.1) is 5.56 Å². The molecule has 1 rings (SSSR count). The highest BCUT2D eigenvalue weighted by Gasteiger charge is 2.12. The summed E-state index contributed by atoms with van der Waals surface area (Å²) in [4.78, 5) is 21.5. The average Bonchev–Trinajstić information content (AvgIpc) is 2.20. The number of carbonyl (C=O) groups excluding carboxylic acids is 2. The number of halogens is 1. The normalized spacial score (nSPS) is 11.9. The molecule has 0 bridgehead atoms. The van der Waals surface area contributed by atoms with Crippen LogP contribution in [-0.4, -0.2) is 18.3 Å². The molecule has 80 valence electrons. The Hall–Kier alpha value is -1.36. The van der Waals surface area contributed by atoms with E-state index in [1.807, 2.05) is 0 Å². The van der Waals surface area contributed by atoms with Gasteiger partial charge in [-0.3, -0.25) is 9.59 Å². The molecule has 0 aliphatic carbocycles. The molecule has 1 unspecified atom stereocenters. The van der Waals surface area contributed by atoms with E-state index in [-0.39, 0.29) is 0 Å². The lowest BCUT2D eigenvalue weighted by atomic mass is 10.2. The van der Waals surface area contributed by atoms with E-state index < -0.39 is 12.0 Å². The van der Waals surface area contributed by atoms with E-state index in [0.29, 0.717) is 17.6 Å². The first-order chi connectivity index (χ1) is 7.04. The van der Waals surface area contributed by atoms with Crippen molar-refractivity contribution in [2.45, 2.75) is 13.0 Å². The first-order valence-electron chi connectivity index (χ1n) is 4.25. The van der Waals surface area contributed by atoms with Crippen molar-refractivity contribution in [1.82, 2.24) is 0 Å². The van der Waals surface area contributed by atoms with Crippen LogP contribution in [0, 0.1) is 0 Å². The minimum Gasteiger partial charge on any atom is -0.480 e. The van der Waals surface area contributed by atoms with Gasteiger partial charge in [0.15, 0.2) is 12.4 Å². The lowest BCUT2D eigenvalue weighted by molar-refractivity contribution is -0.123. The van der Waals surface area contributed by atoms with Crippen molar-refractivity contribution >= 4 is 28.1 Å². The third kappa shape index (κ3) is 3.06. The van der Waals surface area contributed by atoms with E-state index in [1.165, 1.54) is 6.92 Å². The largest absolute Gasteiger partial charge is 0.480 e. The molecule has 1 amide bonds. The van der Waals surface area contributed by atoms with Crippen LogP contribution in [-0.2, 0) is 4.79 Å². The third-order valence-electron chi connectivity index (χ3n) is 1.80. The van der Waals surface area contributed by atoms with E-state index in [0.717, 1.165) is 4.47 Å². The molecule has 0 aromatic heterocycles. The van der Waals surface area contributed by atoms with Gasteiger partial charge in [0, 0.05) is 4.47 Å².